The van der Waals surface area contributed by atoms with Crippen molar-refractivity contribution >= 4 is 60.8 Å². The van der Waals surface area contributed by atoms with Gasteiger partial charge >= 0.3 is 6.09 Å². The largest absolute Gasteiger partial charge is 0.444 e. The Morgan fingerprint density at radius 2 is 1.19 bits per heavy atom. The molecule has 12 heteroatoms. The van der Waals surface area contributed by atoms with Crippen molar-refractivity contribution in [2.45, 2.75) is 59.2 Å². The van der Waals surface area contributed by atoms with Crippen LogP contribution in [0.4, 0.5) is 4.79 Å². The molecular formula is C20H36N4O4S4. The average Bonchev–Trinajstić information content (AvgIpc) is 2.69. The topological polar surface area (TPSA) is 68.7 Å². The molecule has 2 rings (SSSR count). The molecule has 2 aliphatic heterocycles. The van der Waals surface area contributed by atoms with E-state index in [9.17, 15) is 9.90 Å². The Kier molecular flexibility index (Phi) is 10.3. The summed E-state index contributed by atoms with van der Waals surface area (Å²) in [7, 11) is 2.98. The molecule has 0 radical (unpaired) electrons. The number of rotatable bonds is 2. The molecule has 184 valence electrons. The van der Waals surface area contributed by atoms with Crippen LogP contribution in [0, 0.1) is 0 Å². The molecule has 0 bridgehead atoms. The summed E-state index contributed by atoms with van der Waals surface area (Å²) in [6, 6.07) is 0. The molecule has 0 aliphatic carbocycles. The highest BCUT2D eigenvalue weighted by molar-refractivity contribution is 8.89. The molecule has 0 spiro atoms. The zero-order valence-electron chi connectivity index (χ0n) is 19.8. The van der Waals surface area contributed by atoms with Crippen LogP contribution in [0.15, 0.2) is 0 Å². The predicted molar refractivity (Wildman–Crippen MR) is 140 cm³/mol. The van der Waals surface area contributed by atoms with Gasteiger partial charge in [0.25, 0.3) is 0 Å². The fraction of sp³-hybridized carbons (Fsp3) is 0.850. The van der Waals surface area contributed by atoms with E-state index in [1.165, 1.54) is 21.6 Å². The van der Waals surface area contributed by atoms with E-state index in [-0.39, 0.29) is 6.09 Å². The molecule has 0 saturated carbocycles. The zero-order chi connectivity index (χ0) is 24.1. The number of nitrogens with zero attached hydrogens (tertiary/aromatic N) is 4. The Bertz CT molecular complexity index is 667. The number of carbonyl (C=O) groups is 1. The highest BCUT2D eigenvalue weighted by Gasteiger charge is 2.29. The SMILES string of the molecule is CC(C)(C)OC(=O)N1CCN(C(=S)SSC(=S)N2CCN(C(O)OC(C)(C)C)CC2)CC1. The lowest BCUT2D eigenvalue weighted by atomic mass is 10.2. The quantitative estimate of drug-likeness (QED) is 0.329. The maximum atomic E-state index is 12.2. The molecule has 0 aromatic heterocycles. The third kappa shape index (κ3) is 9.47. The Morgan fingerprint density at radius 1 is 0.781 bits per heavy atom. The number of hydrogen-bond donors (Lipinski definition) is 1. The summed E-state index contributed by atoms with van der Waals surface area (Å²) < 4.78 is 12.6. The Hall–Kier alpha value is -0.370. The van der Waals surface area contributed by atoms with Crippen LogP contribution in [0.3, 0.4) is 0 Å². The lowest BCUT2D eigenvalue weighted by Crippen LogP contribution is -2.53. The maximum Gasteiger partial charge on any atom is 0.410 e. The summed E-state index contributed by atoms with van der Waals surface area (Å²) in [5.41, 5.74) is -0.888. The van der Waals surface area contributed by atoms with Crippen LogP contribution < -0.4 is 0 Å². The number of carbonyl (C=O) groups excluding carboxylic acids is 1. The normalized spacial score (nSPS) is 19.7. The van der Waals surface area contributed by atoms with Gasteiger partial charge in [-0.3, -0.25) is 4.90 Å². The van der Waals surface area contributed by atoms with Crippen molar-refractivity contribution in [3.05, 3.63) is 0 Å². The van der Waals surface area contributed by atoms with Gasteiger partial charge in [-0.2, -0.15) is 0 Å². The number of hydrogen-bond acceptors (Lipinski definition) is 9. The average molecular weight is 525 g/mol. The van der Waals surface area contributed by atoms with Crippen LogP contribution >= 0.6 is 46.0 Å². The molecule has 1 N–H and O–H groups in total. The van der Waals surface area contributed by atoms with Crippen LogP contribution in [-0.2, 0) is 9.47 Å². The van der Waals surface area contributed by atoms with Crippen molar-refractivity contribution in [2.24, 2.45) is 0 Å². The first-order valence-corrected chi connectivity index (χ1v) is 13.7. The second kappa shape index (κ2) is 11.9. The summed E-state index contributed by atoms with van der Waals surface area (Å²) in [5.74, 6) is 0. The predicted octanol–water partition coefficient (Wildman–Crippen LogP) is 3.20. The molecule has 0 aromatic rings. The minimum absolute atomic E-state index is 0.275. The fourth-order valence-electron chi connectivity index (χ4n) is 3.09. The van der Waals surface area contributed by atoms with Crippen LogP contribution in [-0.4, -0.2) is 109 Å². The lowest BCUT2D eigenvalue weighted by molar-refractivity contribution is -0.242. The molecule has 0 aromatic carbocycles. The monoisotopic (exact) mass is 524 g/mol. The van der Waals surface area contributed by atoms with Gasteiger partial charge in [0.05, 0.1) is 5.60 Å². The minimum Gasteiger partial charge on any atom is -0.444 e. The molecule has 2 fully saturated rings. The van der Waals surface area contributed by atoms with Crippen molar-refractivity contribution in [3.8, 4) is 0 Å². The third-order valence-electron chi connectivity index (χ3n) is 4.72. The van der Waals surface area contributed by atoms with E-state index in [1.807, 2.05) is 46.4 Å². The van der Waals surface area contributed by atoms with E-state index in [4.69, 9.17) is 33.9 Å². The first kappa shape index (κ1) is 27.9. The van der Waals surface area contributed by atoms with Crippen LogP contribution in [0.1, 0.15) is 41.5 Å². The van der Waals surface area contributed by atoms with Gasteiger partial charge in [-0.25, -0.2) is 4.79 Å². The summed E-state index contributed by atoms with van der Waals surface area (Å²) in [6.07, 6.45) is -1.18. The van der Waals surface area contributed by atoms with Crippen molar-refractivity contribution in [2.75, 3.05) is 52.4 Å². The number of aliphatic hydroxyl groups is 1. The molecular weight excluding hydrogens is 489 g/mol. The van der Waals surface area contributed by atoms with E-state index in [1.54, 1.807) is 4.90 Å². The van der Waals surface area contributed by atoms with Crippen molar-refractivity contribution < 1.29 is 19.4 Å². The van der Waals surface area contributed by atoms with Gasteiger partial charge in [0, 0.05) is 52.4 Å². The Morgan fingerprint density at radius 3 is 1.59 bits per heavy atom. The standard InChI is InChI=1S/C20H36N4O4S4/c1-19(2,3)27-15(25)21-7-11-23(12-8-21)17(29)31-32-18(30)24-13-9-22(10-14-24)16(26)28-20(4,5)6/h15,25H,7-14H2,1-6H3. The third-order valence-corrected chi connectivity index (χ3v) is 8.45. The number of piperazine rings is 2. The van der Waals surface area contributed by atoms with Gasteiger partial charge in [0.1, 0.15) is 14.2 Å². The van der Waals surface area contributed by atoms with E-state index in [0.717, 1.165) is 21.7 Å². The van der Waals surface area contributed by atoms with E-state index >= 15 is 0 Å². The molecule has 1 unspecified atom stereocenters. The maximum absolute atomic E-state index is 12.2. The van der Waals surface area contributed by atoms with E-state index in [2.05, 4.69) is 9.80 Å². The highest BCUT2D eigenvalue weighted by Crippen LogP contribution is 2.29. The van der Waals surface area contributed by atoms with Gasteiger partial charge in [0.2, 0.25) is 6.41 Å². The number of thiocarbonyl (C=S) groups is 2. The van der Waals surface area contributed by atoms with Crippen LogP contribution in [0.5, 0.6) is 0 Å². The van der Waals surface area contributed by atoms with Gasteiger partial charge in [-0.05, 0) is 63.1 Å². The molecule has 2 aliphatic rings. The van der Waals surface area contributed by atoms with Crippen molar-refractivity contribution in [1.29, 1.82) is 0 Å². The summed E-state index contributed by atoms with van der Waals surface area (Å²) in [5, 5.41) is 10.3. The lowest BCUT2D eigenvalue weighted by Gasteiger charge is -2.39. The molecule has 1 amide bonds. The van der Waals surface area contributed by atoms with Crippen LogP contribution in [0.25, 0.3) is 0 Å². The fourth-order valence-corrected chi connectivity index (χ4v) is 5.85. The van der Waals surface area contributed by atoms with Crippen molar-refractivity contribution in [1.82, 2.24) is 19.6 Å². The molecule has 8 nitrogen and oxygen atoms in total. The molecule has 2 saturated heterocycles. The van der Waals surface area contributed by atoms with E-state index in [0.29, 0.717) is 39.3 Å². The molecule has 32 heavy (non-hydrogen) atoms. The molecule has 2 heterocycles. The minimum atomic E-state index is -0.903. The van der Waals surface area contributed by atoms with Crippen LogP contribution in [0.2, 0.25) is 0 Å². The first-order chi connectivity index (χ1) is 14.7. The number of aliphatic hydroxyl groups excluding tert-OH is 1. The summed E-state index contributed by atoms with van der Waals surface area (Å²) >= 11 is 11.2. The van der Waals surface area contributed by atoms with Gasteiger partial charge in [0.15, 0.2) is 0 Å². The molecule has 1 atom stereocenters. The first-order valence-electron chi connectivity index (χ1n) is 10.8. The number of amides is 1. The van der Waals surface area contributed by atoms with Gasteiger partial charge < -0.3 is 29.3 Å². The summed E-state index contributed by atoms with van der Waals surface area (Å²) in [6.45, 7) is 16.8. The van der Waals surface area contributed by atoms with Gasteiger partial charge in [-0.15, -0.1) is 0 Å². The smallest absolute Gasteiger partial charge is 0.410 e. The highest BCUT2D eigenvalue weighted by atomic mass is 33.1. The number of ether oxygens (including phenoxy) is 2. The zero-order valence-corrected chi connectivity index (χ0v) is 23.1. The van der Waals surface area contributed by atoms with Gasteiger partial charge in [-0.1, -0.05) is 24.4 Å². The second-order valence-electron chi connectivity index (χ2n) is 9.73. The second-order valence-corrected chi connectivity index (χ2v) is 13.1. The van der Waals surface area contributed by atoms with Crippen molar-refractivity contribution in [3.63, 3.8) is 0 Å². The Labute approximate surface area is 210 Å². The Balaban J connectivity index is 1.69. The summed E-state index contributed by atoms with van der Waals surface area (Å²) in [4.78, 5) is 20.1. The van der Waals surface area contributed by atoms with E-state index < -0.39 is 17.6 Å².